The van der Waals surface area contributed by atoms with E-state index in [-0.39, 0.29) is 17.4 Å². The van der Waals surface area contributed by atoms with Crippen molar-refractivity contribution in [2.75, 3.05) is 6.54 Å². The normalized spacial score (nSPS) is 11.9. The Hall–Kier alpha value is -2.18. The number of nitrogens with zero attached hydrogens (tertiary/aromatic N) is 1. The molecule has 1 amide bonds. The molecule has 0 saturated carbocycles. The maximum Gasteiger partial charge on any atom is 0.289 e. The van der Waals surface area contributed by atoms with Crippen LogP contribution in [0, 0.1) is 0 Å². The molecule has 140 valence electrons. The zero-order valence-corrected chi connectivity index (χ0v) is 17.3. The molecule has 0 bridgehead atoms. The van der Waals surface area contributed by atoms with Crippen molar-refractivity contribution in [3.63, 3.8) is 0 Å². The molecule has 0 spiro atoms. The summed E-state index contributed by atoms with van der Waals surface area (Å²) in [6.45, 7) is 3.04. The summed E-state index contributed by atoms with van der Waals surface area (Å²) in [5, 5.41) is 0. The van der Waals surface area contributed by atoms with Gasteiger partial charge in [0.15, 0.2) is 5.76 Å². The minimum atomic E-state index is -1.23. The van der Waals surface area contributed by atoms with Crippen LogP contribution < -0.4 is 0 Å². The lowest BCUT2D eigenvalue weighted by Crippen LogP contribution is -2.29. The van der Waals surface area contributed by atoms with Crippen LogP contribution in [0.5, 0.6) is 0 Å². The summed E-state index contributed by atoms with van der Waals surface area (Å²) in [5.74, 6) is 0.882. The van der Waals surface area contributed by atoms with Gasteiger partial charge < -0.3 is 9.32 Å². The summed E-state index contributed by atoms with van der Waals surface area (Å²) < 4.78 is 19.1. The van der Waals surface area contributed by atoms with E-state index >= 15 is 0 Å². The molecular weight excluding hydrogens is 426 g/mol. The van der Waals surface area contributed by atoms with Crippen LogP contribution in [-0.2, 0) is 23.1 Å². The molecule has 0 unspecified atom stereocenters. The van der Waals surface area contributed by atoms with Crippen LogP contribution >= 0.6 is 15.9 Å². The van der Waals surface area contributed by atoms with Crippen LogP contribution in [0.2, 0.25) is 0 Å². The van der Waals surface area contributed by atoms with Gasteiger partial charge >= 0.3 is 0 Å². The largest absolute Gasteiger partial charge is 0.455 e. The fourth-order valence-corrected chi connectivity index (χ4v) is 3.94. The highest BCUT2D eigenvalue weighted by Crippen LogP contribution is 2.19. The lowest BCUT2D eigenvalue weighted by atomic mass is 10.2. The maximum absolute atomic E-state index is 12.7. The average molecular weight is 446 g/mol. The SMILES string of the molecule is CCN(Cc1ccccc1)C(=O)c1ccc(C[S@](=O)c2ccc(Br)cc2)o1. The first-order chi connectivity index (χ1) is 13.1. The molecule has 0 aliphatic rings. The van der Waals surface area contributed by atoms with E-state index < -0.39 is 10.8 Å². The summed E-state index contributed by atoms with van der Waals surface area (Å²) in [5.41, 5.74) is 1.07. The third-order valence-corrected chi connectivity index (χ3v) is 5.98. The molecule has 0 fully saturated rings. The van der Waals surface area contributed by atoms with Gasteiger partial charge in [0.1, 0.15) is 5.76 Å². The van der Waals surface area contributed by atoms with Crippen molar-refractivity contribution in [3.05, 3.63) is 88.3 Å². The molecule has 3 aromatic rings. The second-order valence-electron chi connectivity index (χ2n) is 6.01. The van der Waals surface area contributed by atoms with E-state index in [1.807, 2.05) is 61.5 Å². The summed E-state index contributed by atoms with van der Waals surface area (Å²) >= 11 is 3.36. The predicted octanol–water partition coefficient (Wildman–Crippen LogP) is 5.01. The van der Waals surface area contributed by atoms with Crippen LogP contribution in [0.3, 0.4) is 0 Å². The molecule has 6 heteroatoms. The third-order valence-electron chi connectivity index (χ3n) is 4.11. The highest BCUT2D eigenvalue weighted by molar-refractivity contribution is 9.10. The second kappa shape index (κ2) is 9.15. The van der Waals surface area contributed by atoms with E-state index in [0.717, 1.165) is 14.9 Å². The highest BCUT2D eigenvalue weighted by atomic mass is 79.9. The molecule has 0 saturated heterocycles. The molecule has 0 aliphatic carbocycles. The predicted molar refractivity (Wildman–Crippen MR) is 110 cm³/mol. The summed E-state index contributed by atoms with van der Waals surface area (Å²) in [7, 11) is -1.23. The highest BCUT2D eigenvalue weighted by Gasteiger charge is 2.19. The van der Waals surface area contributed by atoms with Crippen LogP contribution in [0.1, 0.15) is 28.8 Å². The molecule has 27 heavy (non-hydrogen) atoms. The number of benzene rings is 2. The third kappa shape index (κ3) is 5.17. The van der Waals surface area contributed by atoms with E-state index in [4.69, 9.17) is 4.42 Å². The first-order valence-electron chi connectivity index (χ1n) is 8.62. The summed E-state index contributed by atoms with van der Waals surface area (Å²) in [4.78, 5) is 15.2. The van der Waals surface area contributed by atoms with Crippen molar-refractivity contribution >= 4 is 32.6 Å². The van der Waals surface area contributed by atoms with Crippen molar-refractivity contribution in [3.8, 4) is 0 Å². The number of halogens is 1. The molecule has 1 aromatic heterocycles. The molecule has 1 heterocycles. The molecule has 2 aromatic carbocycles. The number of hydrogen-bond donors (Lipinski definition) is 0. The van der Waals surface area contributed by atoms with Gasteiger partial charge in [-0.1, -0.05) is 46.3 Å². The van der Waals surface area contributed by atoms with Gasteiger partial charge in [-0.15, -0.1) is 0 Å². The van der Waals surface area contributed by atoms with Gasteiger partial charge in [-0.2, -0.15) is 0 Å². The van der Waals surface area contributed by atoms with Gasteiger partial charge in [0.05, 0.1) is 16.6 Å². The molecule has 0 aliphatic heterocycles. The fraction of sp³-hybridized carbons (Fsp3) is 0.190. The van der Waals surface area contributed by atoms with Gasteiger partial charge in [0.2, 0.25) is 0 Å². The van der Waals surface area contributed by atoms with Crippen molar-refractivity contribution < 1.29 is 13.4 Å². The minimum Gasteiger partial charge on any atom is -0.455 e. The van der Waals surface area contributed by atoms with E-state index in [0.29, 0.717) is 18.8 Å². The Morgan fingerprint density at radius 1 is 1.04 bits per heavy atom. The summed E-state index contributed by atoms with van der Waals surface area (Å²) in [6.07, 6.45) is 0. The quantitative estimate of drug-likeness (QED) is 0.513. The van der Waals surface area contributed by atoms with Crippen LogP contribution in [-0.4, -0.2) is 21.6 Å². The molecule has 0 radical (unpaired) electrons. The van der Waals surface area contributed by atoms with E-state index in [1.54, 1.807) is 17.0 Å². The first-order valence-corrected chi connectivity index (χ1v) is 10.7. The van der Waals surface area contributed by atoms with E-state index in [1.165, 1.54) is 0 Å². The van der Waals surface area contributed by atoms with Gasteiger partial charge in [0, 0.05) is 22.5 Å². The molecule has 3 rings (SSSR count). The summed E-state index contributed by atoms with van der Waals surface area (Å²) in [6, 6.07) is 20.6. The number of hydrogen-bond acceptors (Lipinski definition) is 3. The fourth-order valence-electron chi connectivity index (χ4n) is 2.66. The van der Waals surface area contributed by atoms with Crippen molar-refractivity contribution in [2.45, 2.75) is 24.1 Å². The van der Waals surface area contributed by atoms with Gasteiger partial charge in [-0.3, -0.25) is 9.00 Å². The van der Waals surface area contributed by atoms with Crippen molar-refractivity contribution in [2.24, 2.45) is 0 Å². The number of amides is 1. The average Bonchev–Trinajstić information content (AvgIpc) is 3.15. The van der Waals surface area contributed by atoms with Gasteiger partial charge in [-0.05, 0) is 48.9 Å². The standard InChI is InChI=1S/C21H20BrNO3S/c1-2-23(14-16-6-4-3-5-7-16)21(24)20-13-10-18(26-20)15-27(25)19-11-8-17(22)9-12-19/h3-13H,2,14-15H2,1H3/t27-/m0/s1. The monoisotopic (exact) mass is 445 g/mol. The Kier molecular flexibility index (Phi) is 6.63. The minimum absolute atomic E-state index is 0.165. The number of carbonyl (C=O) groups is 1. The Morgan fingerprint density at radius 2 is 1.74 bits per heavy atom. The van der Waals surface area contributed by atoms with Crippen LogP contribution in [0.4, 0.5) is 0 Å². The molecule has 0 N–H and O–H groups in total. The first kappa shape index (κ1) is 19.6. The Balaban J connectivity index is 1.67. The molecule has 1 atom stereocenters. The van der Waals surface area contributed by atoms with Crippen LogP contribution in [0.15, 0.2) is 80.5 Å². The van der Waals surface area contributed by atoms with E-state index in [2.05, 4.69) is 15.9 Å². The van der Waals surface area contributed by atoms with Crippen molar-refractivity contribution in [1.29, 1.82) is 0 Å². The lowest BCUT2D eigenvalue weighted by molar-refractivity contribution is 0.0719. The number of furan rings is 1. The zero-order chi connectivity index (χ0) is 19.2. The van der Waals surface area contributed by atoms with Gasteiger partial charge in [0.25, 0.3) is 5.91 Å². The smallest absolute Gasteiger partial charge is 0.289 e. The Bertz CT molecular complexity index is 922. The zero-order valence-electron chi connectivity index (χ0n) is 14.9. The Morgan fingerprint density at radius 3 is 2.41 bits per heavy atom. The van der Waals surface area contributed by atoms with Gasteiger partial charge in [-0.25, -0.2) is 0 Å². The Labute approximate surface area is 169 Å². The lowest BCUT2D eigenvalue weighted by Gasteiger charge is -2.19. The van der Waals surface area contributed by atoms with E-state index in [9.17, 15) is 9.00 Å². The van der Waals surface area contributed by atoms with Crippen LogP contribution in [0.25, 0.3) is 0 Å². The number of carbonyl (C=O) groups excluding carboxylic acids is 1. The number of rotatable bonds is 7. The second-order valence-corrected chi connectivity index (χ2v) is 8.38. The van der Waals surface area contributed by atoms with Crippen molar-refractivity contribution in [1.82, 2.24) is 4.90 Å². The maximum atomic E-state index is 12.7. The molecule has 4 nitrogen and oxygen atoms in total. The molecular formula is C21H20BrNO3S. The topological polar surface area (TPSA) is 50.5 Å².